The molecular formula is C14H28IN3. The van der Waals surface area contributed by atoms with Crippen LogP contribution in [0.4, 0.5) is 0 Å². The highest BCUT2D eigenvalue weighted by Crippen LogP contribution is 2.19. The Bertz CT molecular complexity index is 262. The Hall–Kier alpha value is -0.260. The van der Waals surface area contributed by atoms with Gasteiger partial charge < -0.3 is 11.1 Å². The minimum atomic E-state index is 0. The zero-order valence-electron chi connectivity index (χ0n) is 11.6. The van der Waals surface area contributed by atoms with Gasteiger partial charge >= 0.3 is 0 Å². The standard InChI is InChI=1S/C14H27N3.HI/c1-2-3-4-7-11-16-14(15)17-12-10-13-8-5-6-9-13;/h8H,2-7,9-12H2,1H3,(H3,15,16,17);1H. The maximum Gasteiger partial charge on any atom is 0.188 e. The predicted octanol–water partition coefficient (Wildman–Crippen LogP) is 3.59. The molecule has 0 radical (unpaired) electrons. The highest BCUT2D eigenvalue weighted by molar-refractivity contribution is 14.0. The zero-order chi connectivity index (χ0) is 12.3. The summed E-state index contributed by atoms with van der Waals surface area (Å²) in [4.78, 5) is 4.32. The molecule has 0 spiro atoms. The van der Waals surface area contributed by atoms with Crippen molar-refractivity contribution in [2.75, 3.05) is 13.1 Å². The minimum absolute atomic E-state index is 0. The molecule has 0 aromatic heterocycles. The number of guanidine groups is 1. The Morgan fingerprint density at radius 1 is 1.39 bits per heavy atom. The third-order valence-corrected chi connectivity index (χ3v) is 3.18. The van der Waals surface area contributed by atoms with E-state index < -0.39 is 0 Å². The van der Waals surface area contributed by atoms with Gasteiger partial charge in [-0.2, -0.15) is 0 Å². The van der Waals surface area contributed by atoms with Crippen LogP contribution < -0.4 is 11.1 Å². The van der Waals surface area contributed by atoms with Crippen molar-refractivity contribution in [3.8, 4) is 0 Å². The van der Waals surface area contributed by atoms with E-state index in [1.54, 1.807) is 5.57 Å². The monoisotopic (exact) mass is 365 g/mol. The van der Waals surface area contributed by atoms with Gasteiger partial charge in [-0.25, -0.2) is 0 Å². The molecule has 1 aliphatic carbocycles. The highest BCUT2D eigenvalue weighted by atomic mass is 127. The van der Waals surface area contributed by atoms with E-state index in [1.165, 1.54) is 38.5 Å². The van der Waals surface area contributed by atoms with Gasteiger partial charge in [0.25, 0.3) is 0 Å². The molecular weight excluding hydrogens is 337 g/mol. The molecule has 0 heterocycles. The number of unbranched alkanes of at least 4 members (excludes halogenated alkanes) is 3. The van der Waals surface area contributed by atoms with E-state index in [1.807, 2.05) is 0 Å². The van der Waals surface area contributed by atoms with Gasteiger partial charge in [-0.05, 0) is 32.1 Å². The first-order chi connectivity index (χ1) is 8.33. The zero-order valence-corrected chi connectivity index (χ0v) is 13.9. The van der Waals surface area contributed by atoms with Crippen molar-refractivity contribution in [1.29, 1.82) is 0 Å². The van der Waals surface area contributed by atoms with Gasteiger partial charge in [0.2, 0.25) is 0 Å². The summed E-state index contributed by atoms with van der Waals surface area (Å²) in [5.74, 6) is 0.611. The van der Waals surface area contributed by atoms with Crippen molar-refractivity contribution in [2.24, 2.45) is 10.7 Å². The second-order valence-electron chi connectivity index (χ2n) is 4.76. The van der Waals surface area contributed by atoms with Crippen LogP contribution in [0.3, 0.4) is 0 Å². The lowest BCUT2D eigenvalue weighted by Crippen LogP contribution is -2.32. The molecule has 0 fully saturated rings. The molecule has 0 atom stereocenters. The quantitative estimate of drug-likeness (QED) is 0.227. The van der Waals surface area contributed by atoms with Crippen molar-refractivity contribution >= 4 is 29.9 Å². The van der Waals surface area contributed by atoms with Crippen molar-refractivity contribution in [2.45, 2.75) is 58.3 Å². The molecule has 0 saturated heterocycles. The summed E-state index contributed by atoms with van der Waals surface area (Å²) < 4.78 is 0. The summed E-state index contributed by atoms with van der Waals surface area (Å²) in [5, 5.41) is 3.19. The third kappa shape index (κ3) is 8.78. The van der Waals surface area contributed by atoms with Gasteiger partial charge in [-0.15, -0.1) is 24.0 Å². The van der Waals surface area contributed by atoms with Gasteiger partial charge in [-0.1, -0.05) is 37.8 Å². The van der Waals surface area contributed by atoms with E-state index in [-0.39, 0.29) is 24.0 Å². The van der Waals surface area contributed by atoms with Gasteiger partial charge in [-0.3, -0.25) is 4.99 Å². The molecule has 0 unspecified atom stereocenters. The van der Waals surface area contributed by atoms with Crippen molar-refractivity contribution in [3.05, 3.63) is 11.6 Å². The lowest BCUT2D eigenvalue weighted by atomic mass is 10.2. The first-order valence-electron chi connectivity index (χ1n) is 7.04. The molecule has 1 aliphatic rings. The number of nitrogens with zero attached hydrogens (tertiary/aromatic N) is 1. The lowest BCUT2D eigenvalue weighted by Gasteiger charge is -2.06. The van der Waals surface area contributed by atoms with Crippen LogP contribution in [0.1, 0.15) is 58.3 Å². The molecule has 0 amide bonds. The highest BCUT2D eigenvalue weighted by Gasteiger charge is 2.03. The van der Waals surface area contributed by atoms with E-state index in [0.29, 0.717) is 5.96 Å². The fourth-order valence-corrected chi connectivity index (χ4v) is 2.11. The van der Waals surface area contributed by atoms with E-state index in [4.69, 9.17) is 5.73 Å². The molecule has 0 saturated carbocycles. The molecule has 1 rings (SSSR count). The summed E-state index contributed by atoms with van der Waals surface area (Å²) >= 11 is 0. The van der Waals surface area contributed by atoms with Crippen LogP contribution in [0.15, 0.2) is 16.6 Å². The lowest BCUT2D eigenvalue weighted by molar-refractivity contribution is 0.673. The first-order valence-corrected chi connectivity index (χ1v) is 7.04. The molecule has 3 nitrogen and oxygen atoms in total. The van der Waals surface area contributed by atoms with Crippen LogP contribution in [-0.4, -0.2) is 19.0 Å². The smallest absolute Gasteiger partial charge is 0.188 e. The van der Waals surface area contributed by atoms with Crippen molar-refractivity contribution < 1.29 is 0 Å². The van der Waals surface area contributed by atoms with Crippen LogP contribution >= 0.6 is 24.0 Å². The number of nitrogens with one attached hydrogen (secondary N) is 1. The maximum absolute atomic E-state index is 5.79. The maximum atomic E-state index is 5.79. The van der Waals surface area contributed by atoms with Crippen LogP contribution in [0.25, 0.3) is 0 Å². The first kappa shape index (κ1) is 17.7. The average Bonchev–Trinajstić information content (AvgIpc) is 2.82. The normalized spacial score (nSPS) is 15.2. The van der Waals surface area contributed by atoms with Crippen molar-refractivity contribution in [3.63, 3.8) is 0 Å². The number of allylic oxidation sites excluding steroid dienone is 1. The van der Waals surface area contributed by atoms with E-state index in [0.717, 1.165) is 25.9 Å². The third-order valence-electron chi connectivity index (χ3n) is 3.18. The van der Waals surface area contributed by atoms with E-state index in [9.17, 15) is 0 Å². The fraction of sp³-hybridized carbons (Fsp3) is 0.786. The van der Waals surface area contributed by atoms with Crippen molar-refractivity contribution in [1.82, 2.24) is 5.32 Å². The Balaban J connectivity index is 0.00000289. The van der Waals surface area contributed by atoms with Crippen LogP contribution in [0.2, 0.25) is 0 Å². The average molecular weight is 365 g/mol. The largest absolute Gasteiger partial charge is 0.370 e. The van der Waals surface area contributed by atoms with Gasteiger partial charge in [0.15, 0.2) is 5.96 Å². The predicted molar refractivity (Wildman–Crippen MR) is 90.6 cm³/mol. The van der Waals surface area contributed by atoms with Crippen LogP contribution in [0.5, 0.6) is 0 Å². The summed E-state index contributed by atoms with van der Waals surface area (Å²) in [5.41, 5.74) is 7.37. The molecule has 0 aliphatic heterocycles. The Labute approximate surface area is 129 Å². The second kappa shape index (κ2) is 11.8. The minimum Gasteiger partial charge on any atom is -0.370 e. The Morgan fingerprint density at radius 3 is 2.89 bits per heavy atom. The molecule has 0 aromatic carbocycles. The number of aliphatic imine (C=N–C) groups is 1. The molecule has 106 valence electrons. The van der Waals surface area contributed by atoms with Crippen LogP contribution in [0, 0.1) is 0 Å². The number of hydrogen-bond donors (Lipinski definition) is 2. The molecule has 0 aromatic rings. The summed E-state index contributed by atoms with van der Waals surface area (Å²) in [6.45, 7) is 4.01. The fourth-order valence-electron chi connectivity index (χ4n) is 2.11. The summed E-state index contributed by atoms with van der Waals surface area (Å²) in [6, 6.07) is 0. The SMILES string of the molecule is CCCCCCN=C(N)NCCC1=CCCC1.I. The second-order valence-corrected chi connectivity index (χ2v) is 4.76. The van der Waals surface area contributed by atoms with Gasteiger partial charge in [0.1, 0.15) is 0 Å². The van der Waals surface area contributed by atoms with Gasteiger partial charge in [0.05, 0.1) is 0 Å². The number of halogens is 1. The topological polar surface area (TPSA) is 50.4 Å². The molecule has 0 bridgehead atoms. The Kier molecular flexibility index (Phi) is 11.6. The van der Waals surface area contributed by atoms with Crippen LogP contribution in [-0.2, 0) is 0 Å². The number of nitrogens with two attached hydrogens (primary N) is 1. The number of rotatable bonds is 8. The molecule has 4 heteroatoms. The van der Waals surface area contributed by atoms with E-state index >= 15 is 0 Å². The number of hydrogen-bond acceptors (Lipinski definition) is 1. The Morgan fingerprint density at radius 2 is 2.22 bits per heavy atom. The molecule has 3 N–H and O–H groups in total. The molecule has 18 heavy (non-hydrogen) atoms. The summed E-state index contributed by atoms with van der Waals surface area (Å²) in [7, 11) is 0. The summed E-state index contributed by atoms with van der Waals surface area (Å²) in [6.07, 6.45) is 12.3. The van der Waals surface area contributed by atoms with E-state index in [2.05, 4.69) is 23.3 Å². The van der Waals surface area contributed by atoms with Gasteiger partial charge in [0, 0.05) is 13.1 Å².